The minimum atomic E-state index is -5.14. The Bertz CT molecular complexity index is 1900. The van der Waals surface area contributed by atoms with Crippen LogP contribution in [0.5, 0.6) is 11.5 Å². The second kappa shape index (κ2) is 27.1. The molecule has 364 valence electrons. The highest BCUT2D eigenvalue weighted by molar-refractivity contribution is 7.81. The molecule has 0 unspecified atom stereocenters. The summed E-state index contributed by atoms with van der Waals surface area (Å²) in [5, 5.41) is 23.2. The van der Waals surface area contributed by atoms with Crippen LogP contribution in [0.2, 0.25) is 0 Å². The second-order valence-corrected chi connectivity index (χ2v) is 20.5. The van der Waals surface area contributed by atoms with Crippen LogP contribution < -0.4 is 5.32 Å². The van der Waals surface area contributed by atoms with E-state index in [2.05, 4.69) is 12.2 Å². The summed E-state index contributed by atoms with van der Waals surface area (Å²) in [5.41, 5.74) is 1.51. The molecule has 1 aromatic carbocycles. The first-order chi connectivity index (χ1) is 29.7. The maximum absolute atomic E-state index is 13.2. The molecule has 63 heavy (non-hydrogen) atoms. The highest BCUT2D eigenvalue weighted by atomic mass is 32.3. The molecule has 0 aliphatic carbocycles. The SMILES string of the molecule is CCCCCCCC[C@H](C)C[C@H](OS(=O)(=O)O)[C@H](CC[C@H](CCCCCCCCCCCCC(=O)N[C@H]1CC[C@@H]2c3c(O)cc(O)cc3CCN2C1=O)OS(=O)(=O)O)OS(=O)(=O)O. The number of amides is 2. The van der Waals surface area contributed by atoms with Crippen molar-refractivity contribution in [1.82, 2.24) is 10.2 Å². The molecular weight excluding hydrogens is 885 g/mol. The number of phenolic OH excluding ortho intramolecular Hbond substituents is 2. The van der Waals surface area contributed by atoms with Crippen molar-refractivity contribution in [2.24, 2.45) is 5.92 Å². The number of carbonyl (C=O) groups is 2. The van der Waals surface area contributed by atoms with Gasteiger partial charge in [-0.3, -0.25) is 23.2 Å². The Kier molecular flexibility index (Phi) is 23.5. The maximum Gasteiger partial charge on any atom is 0.397 e. The quantitative estimate of drug-likeness (QED) is 0.0292. The molecule has 6 N–H and O–H groups in total. The third kappa shape index (κ3) is 21.9. The molecule has 6 atom stereocenters. The molecule has 2 heterocycles. The Balaban J connectivity index is 1.34. The molecule has 0 spiro atoms. The molecule has 0 radical (unpaired) electrons. The van der Waals surface area contributed by atoms with Gasteiger partial charge in [-0.15, -0.1) is 0 Å². The first-order valence-electron chi connectivity index (χ1n) is 22.8. The van der Waals surface area contributed by atoms with E-state index in [4.69, 9.17) is 12.5 Å². The summed E-state index contributed by atoms with van der Waals surface area (Å²) in [6.45, 7) is 4.38. The maximum atomic E-state index is 13.2. The zero-order chi connectivity index (χ0) is 46.6. The third-order valence-electron chi connectivity index (χ3n) is 12.0. The van der Waals surface area contributed by atoms with Crippen molar-refractivity contribution < 1.29 is 71.3 Å². The van der Waals surface area contributed by atoms with Gasteiger partial charge in [0.25, 0.3) is 0 Å². The number of hydrogen-bond donors (Lipinski definition) is 6. The molecular formula is C42H72N2O16S3. The summed E-state index contributed by atoms with van der Waals surface area (Å²) in [7, 11) is -15.1. The Morgan fingerprint density at radius 1 is 0.714 bits per heavy atom. The zero-order valence-corrected chi connectivity index (χ0v) is 39.4. The van der Waals surface area contributed by atoms with E-state index in [0.717, 1.165) is 89.0 Å². The minimum Gasteiger partial charge on any atom is -0.508 e. The topological polar surface area (TPSA) is 281 Å². The van der Waals surface area contributed by atoms with Crippen LogP contribution >= 0.6 is 0 Å². The van der Waals surface area contributed by atoms with Crippen molar-refractivity contribution in [2.45, 2.75) is 205 Å². The third-order valence-corrected chi connectivity index (χ3v) is 13.5. The lowest BCUT2D eigenvalue weighted by Gasteiger charge is -2.43. The summed E-state index contributed by atoms with van der Waals surface area (Å²) >= 11 is 0. The standard InChI is InChI=1S/C42H72N2O16S3/c1-3-4-5-6-13-16-19-31(2)28-39(60-63(55,56)57)38(59-62(52,53)54)25-22-34(58-61(49,50)51)20-17-14-11-9-7-8-10-12-15-18-21-40(47)43-35-23-24-36-41-32(26-27-44(36)42(35)48)29-33(45)30-37(41)46/h29-31,34-36,38-39,45-46H,3-28H2,1-2H3,(H,43,47)(H,49,50,51)(H,52,53,54)(H,55,56,57)/t31-,34-,35-,36+,38-,39-/m0/s1. The summed E-state index contributed by atoms with van der Waals surface area (Å²) < 4.78 is 113. The van der Waals surface area contributed by atoms with Crippen LogP contribution in [0.25, 0.3) is 0 Å². The van der Waals surface area contributed by atoms with Crippen LogP contribution in [0.15, 0.2) is 12.1 Å². The molecule has 0 bridgehead atoms. The van der Waals surface area contributed by atoms with Crippen molar-refractivity contribution in [1.29, 1.82) is 0 Å². The molecule has 18 nitrogen and oxygen atoms in total. The summed E-state index contributed by atoms with van der Waals surface area (Å²) in [6, 6.07) is 2.05. The fourth-order valence-electron chi connectivity index (χ4n) is 8.92. The molecule has 3 rings (SSSR count). The molecule has 2 aliphatic heterocycles. The first-order valence-corrected chi connectivity index (χ1v) is 26.9. The Morgan fingerprint density at radius 2 is 1.25 bits per heavy atom. The predicted octanol–water partition coefficient (Wildman–Crippen LogP) is 7.60. The summed E-state index contributed by atoms with van der Waals surface area (Å²) in [6.07, 6.45) is 12.3. The summed E-state index contributed by atoms with van der Waals surface area (Å²) in [5.74, 6) is -0.533. The molecule has 2 amide bonds. The van der Waals surface area contributed by atoms with E-state index in [1.807, 2.05) is 6.92 Å². The number of unbranched alkanes of at least 4 members (excludes halogenated alkanes) is 14. The number of carbonyl (C=O) groups excluding carboxylic acids is 2. The number of nitrogens with zero attached hydrogens (tertiary/aromatic N) is 1. The Hall–Kier alpha value is -2.63. The number of nitrogens with one attached hydrogen (secondary N) is 1. The minimum absolute atomic E-state index is 0.00748. The number of piperidine rings is 1. The van der Waals surface area contributed by atoms with Gasteiger partial charge in [0.2, 0.25) is 11.8 Å². The van der Waals surface area contributed by atoms with E-state index in [1.54, 1.807) is 11.0 Å². The monoisotopic (exact) mass is 956 g/mol. The number of hydrogen-bond acceptors (Lipinski definition) is 13. The van der Waals surface area contributed by atoms with Crippen LogP contribution in [0.4, 0.5) is 0 Å². The van der Waals surface area contributed by atoms with E-state index >= 15 is 0 Å². The van der Waals surface area contributed by atoms with Crippen LogP contribution in [-0.4, -0.2) is 96.7 Å². The van der Waals surface area contributed by atoms with Crippen molar-refractivity contribution in [3.63, 3.8) is 0 Å². The molecule has 21 heteroatoms. The smallest absolute Gasteiger partial charge is 0.397 e. The van der Waals surface area contributed by atoms with Crippen molar-refractivity contribution in [3.05, 3.63) is 23.3 Å². The average molecular weight is 957 g/mol. The van der Waals surface area contributed by atoms with Gasteiger partial charge >= 0.3 is 31.2 Å². The van der Waals surface area contributed by atoms with E-state index in [0.29, 0.717) is 63.5 Å². The number of aromatic hydroxyl groups is 2. The average Bonchev–Trinajstić information content (AvgIpc) is 3.17. The van der Waals surface area contributed by atoms with Gasteiger partial charge in [-0.25, -0.2) is 12.5 Å². The molecule has 1 aromatic rings. The molecule has 2 aliphatic rings. The van der Waals surface area contributed by atoms with E-state index < -0.39 is 55.6 Å². The zero-order valence-electron chi connectivity index (χ0n) is 36.9. The number of fused-ring (bicyclic) bond motifs is 3. The van der Waals surface area contributed by atoms with Gasteiger partial charge < -0.3 is 20.4 Å². The van der Waals surface area contributed by atoms with E-state index in [9.17, 15) is 58.7 Å². The van der Waals surface area contributed by atoms with Gasteiger partial charge in [0.05, 0.1) is 12.1 Å². The first kappa shape index (κ1) is 54.7. The molecule has 0 saturated carbocycles. The van der Waals surface area contributed by atoms with Crippen LogP contribution in [0, 0.1) is 5.92 Å². The lowest BCUT2D eigenvalue weighted by atomic mass is 9.84. The van der Waals surface area contributed by atoms with Gasteiger partial charge in [-0.1, -0.05) is 117 Å². The van der Waals surface area contributed by atoms with Gasteiger partial charge in [0, 0.05) is 24.6 Å². The fourth-order valence-corrected chi connectivity index (χ4v) is 10.5. The van der Waals surface area contributed by atoms with Crippen molar-refractivity contribution in [2.75, 3.05) is 6.54 Å². The molecule has 0 aromatic heterocycles. The van der Waals surface area contributed by atoms with Gasteiger partial charge in [-0.2, -0.15) is 25.3 Å². The second-order valence-electron chi connectivity index (χ2n) is 17.4. The van der Waals surface area contributed by atoms with Crippen LogP contribution in [0.1, 0.15) is 185 Å². The van der Waals surface area contributed by atoms with Gasteiger partial charge in [-0.05, 0) is 68.9 Å². The van der Waals surface area contributed by atoms with Gasteiger partial charge in [0.15, 0.2) is 0 Å². The number of rotatable bonds is 33. The van der Waals surface area contributed by atoms with Crippen LogP contribution in [-0.2, 0) is 59.8 Å². The largest absolute Gasteiger partial charge is 0.508 e. The fraction of sp³-hybridized carbons (Fsp3) is 0.810. The van der Waals surface area contributed by atoms with Crippen molar-refractivity contribution >= 4 is 43.0 Å². The molecule has 1 fully saturated rings. The number of phenols is 2. The van der Waals surface area contributed by atoms with Crippen molar-refractivity contribution in [3.8, 4) is 11.5 Å². The highest BCUT2D eigenvalue weighted by Gasteiger charge is 2.41. The molecule has 1 saturated heterocycles. The predicted molar refractivity (Wildman–Crippen MR) is 235 cm³/mol. The van der Waals surface area contributed by atoms with E-state index in [-0.39, 0.29) is 61.0 Å². The highest BCUT2D eigenvalue weighted by Crippen LogP contribution is 2.43. The van der Waals surface area contributed by atoms with Gasteiger partial charge in [0.1, 0.15) is 29.7 Å². The number of benzene rings is 1. The summed E-state index contributed by atoms with van der Waals surface area (Å²) in [4.78, 5) is 27.6. The lowest BCUT2D eigenvalue weighted by molar-refractivity contribution is -0.142. The Labute approximate surface area is 375 Å². The lowest BCUT2D eigenvalue weighted by Crippen LogP contribution is -2.54. The van der Waals surface area contributed by atoms with Crippen LogP contribution in [0.3, 0.4) is 0 Å². The van der Waals surface area contributed by atoms with E-state index in [1.165, 1.54) is 6.07 Å². The Morgan fingerprint density at radius 3 is 1.84 bits per heavy atom. The normalized spacial score (nSPS) is 18.9.